The van der Waals surface area contributed by atoms with E-state index in [4.69, 9.17) is 5.73 Å². The third-order valence-electron chi connectivity index (χ3n) is 3.01. The molecule has 1 heterocycles. The molecule has 0 bridgehead atoms. The second-order valence-corrected chi connectivity index (χ2v) is 4.84. The van der Waals surface area contributed by atoms with Gasteiger partial charge in [-0.3, -0.25) is 4.90 Å². The highest BCUT2D eigenvalue weighted by Gasteiger charge is 2.18. The summed E-state index contributed by atoms with van der Waals surface area (Å²) in [6.07, 6.45) is 4.93. The zero-order valence-electron chi connectivity index (χ0n) is 10.8. The molecule has 92 valence electrons. The van der Waals surface area contributed by atoms with Gasteiger partial charge in [-0.25, -0.2) is 4.98 Å². The van der Waals surface area contributed by atoms with E-state index in [2.05, 4.69) is 30.8 Å². The summed E-state index contributed by atoms with van der Waals surface area (Å²) in [5.41, 5.74) is 7.05. The van der Waals surface area contributed by atoms with Gasteiger partial charge < -0.3 is 10.3 Å². The Morgan fingerprint density at radius 2 is 2.19 bits per heavy atom. The van der Waals surface area contributed by atoms with Gasteiger partial charge in [-0.2, -0.15) is 0 Å². The molecule has 0 saturated carbocycles. The molecule has 0 radical (unpaired) electrons. The number of likely N-dealkylation sites (N-methyl/N-ethyl adjacent to an activating group) is 1. The van der Waals surface area contributed by atoms with Crippen LogP contribution in [0.4, 0.5) is 0 Å². The fourth-order valence-electron chi connectivity index (χ4n) is 1.83. The SMILES string of the molecule is CC(C)CCN(C)C(CN)c1cncn1C. The first-order valence-electron chi connectivity index (χ1n) is 5.92. The average molecular weight is 224 g/mol. The van der Waals surface area contributed by atoms with E-state index in [1.54, 1.807) is 0 Å². The van der Waals surface area contributed by atoms with Gasteiger partial charge >= 0.3 is 0 Å². The molecule has 1 unspecified atom stereocenters. The molecule has 4 nitrogen and oxygen atoms in total. The minimum absolute atomic E-state index is 0.270. The minimum atomic E-state index is 0.270. The molecule has 0 amide bonds. The van der Waals surface area contributed by atoms with Gasteiger partial charge in [0.25, 0.3) is 0 Å². The van der Waals surface area contributed by atoms with E-state index in [1.807, 2.05) is 24.1 Å². The molecule has 0 fully saturated rings. The van der Waals surface area contributed by atoms with E-state index in [0.29, 0.717) is 6.54 Å². The van der Waals surface area contributed by atoms with Crippen LogP contribution in [-0.2, 0) is 7.05 Å². The van der Waals surface area contributed by atoms with Crippen LogP contribution < -0.4 is 5.73 Å². The highest BCUT2D eigenvalue weighted by atomic mass is 15.2. The number of rotatable bonds is 6. The van der Waals surface area contributed by atoms with Crippen molar-refractivity contribution in [2.45, 2.75) is 26.3 Å². The van der Waals surface area contributed by atoms with Crippen molar-refractivity contribution in [2.24, 2.45) is 18.7 Å². The van der Waals surface area contributed by atoms with Crippen molar-refractivity contribution >= 4 is 0 Å². The summed E-state index contributed by atoms with van der Waals surface area (Å²) in [5.74, 6) is 0.729. The van der Waals surface area contributed by atoms with Crippen LogP contribution in [0, 0.1) is 5.92 Å². The molecule has 0 aromatic carbocycles. The predicted molar refractivity (Wildman–Crippen MR) is 67.1 cm³/mol. The van der Waals surface area contributed by atoms with E-state index in [9.17, 15) is 0 Å². The number of imidazole rings is 1. The minimum Gasteiger partial charge on any atom is -0.336 e. The van der Waals surface area contributed by atoms with Gasteiger partial charge in [0.2, 0.25) is 0 Å². The fourth-order valence-corrected chi connectivity index (χ4v) is 1.83. The lowest BCUT2D eigenvalue weighted by atomic mass is 10.1. The van der Waals surface area contributed by atoms with E-state index >= 15 is 0 Å². The fraction of sp³-hybridized carbons (Fsp3) is 0.750. The topological polar surface area (TPSA) is 47.1 Å². The Morgan fingerprint density at radius 1 is 1.50 bits per heavy atom. The summed E-state index contributed by atoms with van der Waals surface area (Å²) in [4.78, 5) is 6.47. The van der Waals surface area contributed by atoms with E-state index in [0.717, 1.165) is 12.5 Å². The lowest BCUT2D eigenvalue weighted by Gasteiger charge is -2.27. The highest BCUT2D eigenvalue weighted by molar-refractivity contribution is 5.05. The summed E-state index contributed by atoms with van der Waals surface area (Å²) in [7, 11) is 4.15. The monoisotopic (exact) mass is 224 g/mol. The molecule has 1 aromatic heterocycles. The van der Waals surface area contributed by atoms with Crippen molar-refractivity contribution in [3.8, 4) is 0 Å². The molecule has 0 aliphatic heterocycles. The summed E-state index contributed by atoms with van der Waals surface area (Å²) in [6, 6.07) is 0.270. The third-order valence-corrected chi connectivity index (χ3v) is 3.01. The molecule has 4 heteroatoms. The summed E-state index contributed by atoms with van der Waals surface area (Å²) >= 11 is 0. The van der Waals surface area contributed by atoms with E-state index in [-0.39, 0.29) is 6.04 Å². The number of hydrogen-bond acceptors (Lipinski definition) is 3. The Bertz CT molecular complexity index is 306. The average Bonchev–Trinajstić information content (AvgIpc) is 2.63. The van der Waals surface area contributed by atoms with Gasteiger partial charge in [0.05, 0.1) is 18.1 Å². The normalized spacial score (nSPS) is 13.7. The van der Waals surface area contributed by atoms with Gasteiger partial charge in [0.1, 0.15) is 0 Å². The van der Waals surface area contributed by atoms with Crippen molar-refractivity contribution < 1.29 is 0 Å². The van der Waals surface area contributed by atoms with Crippen molar-refractivity contribution in [3.63, 3.8) is 0 Å². The second kappa shape index (κ2) is 6.01. The molecular weight excluding hydrogens is 200 g/mol. The predicted octanol–water partition coefficient (Wildman–Crippen LogP) is 1.40. The summed E-state index contributed by atoms with van der Waals surface area (Å²) in [5, 5.41) is 0. The van der Waals surface area contributed by atoms with Gasteiger partial charge in [-0.05, 0) is 25.9 Å². The standard InChI is InChI=1S/C12H24N4/c1-10(2)5-6-15(3)11(7-13)12-8-14-9-16(12)4/h8-11H,5-7,13H2,1-4H3. The van der Waals surface area contributed by atoms with Crippen molar-refractivity contribution in [3.05, 3.63) is 18.2 Å². The molecule has 1 rings (SSSR count). The van der Waals surface area contributed by atoms with Crippen LogP contribution in [0.3, 0.4) is 0 Å². The van der Waals surface area contributed by atoms with Crippen LogP contribution in [0.5, 0.6) is 0 Å². The van der Waals surface area contributed by atoms with Crippen molar-refractivity contribution in [1.29, 1.82) is 0 Å². The maximum Gasteiger partial charge on any atom is 0.0946 e. The zero-order valence-corrected chi connectivity index (χ0v) is 10.8. The van der Waals surface area contributed by atoms with Crippen LogP contribution in [0.15, 0.2) is 12.5 Å². The quantitative estimate of drug-likeness (QED) is 0.794. The largest absolute Gasteiger partial charge is 0.336 e. The van der Waals surface area contributed by atoms with Crippen LogP contribution >= 0.6 is 0 Å². The molecule has 1 atom stereocenters. The Hall–Kier alpha value is -0.870. The van der Waals surface area contributed by atoms with E-state index in [1.165, 1.54) is 12.1 Å². The summed E-state index contributed by atoms with van der Waals surface area (Å²) < 4.78 is 2.05. The van der Waals surface area contributed by atoms with Crippen LogP contribution in [0.2, 0.25) is 0 Å². The van der Waals surface area contributed by atoms with Gasteiger partial charge in [0.15, 0.2) is 0 Å². The molecule has 0 aliphatic rings. The van der Waals surface area contributed by atoms with Gasteiger partial charge in [-0.15, -0.1) is 0 Å². The Kier molecular flexibility index (Phi) is 4.96. The molecular formula is C12H24N4. The first kappa shape index (κ1) is 13.2. The maximum atomic E-state index is 5.86. The maximum absolute atomic E-state index is 5.86. The van der Waals surface area contributed by atoms with Crippen LogP contribution in [-0.4, -0.2) is 34.6 Å². The number of nitrogens with two attached hydrogens (primary N) is 1. The number of aromatic nitrogens is 2. The van der Waals surface area contributed by atoms with Crippen LogP contribution in [0.25, 0.3) is 0 Å². The van der Waals surface area contributed by atoms with E-state index < -0.39 is 0 Å². The van der Waals surface area contributed by atoms with Crippen LogP contribution in [0.1, 0.15) is 32.0 Å². The smallest absolute Gasteiger partial charge is 0.0946 e. The first-order valence-corrected chi connectivity index (χ1v) is 5.92. The Morgan fingerprint density at radius 3 is 2.62 bits per heavy atom. The molecule has 0 spiro atoms. The number of aryl methyl sites for hydroxylation is 1. The molecule has 2 N–H and O–H groups in total. The van der Waals surface area contributed by atoms with Crippen molar-refractivity contribution in [1.82, 2.24) is 14.5 Å². The number of hydrogen-bond donors (Lipinski definition) is 1. The second-order valence-electron chi connectivity index (χ2n) is 4.84. The first-order chi connectivity index (χ1) is 7.56. The molecule has 0 aliphatic carbocycles. The highest BCUT2D eigenvalue weighted by Crippen LogP contribution is 2.18. The third kappa shape index (κ3) is 3.32. The Balaban J connectivity index is 2.64. The lowest BCUT2D eigenvalue weighted by Crippen LogP contribution is -2.33. The summed E-state index contributed by atoms with van der Waals surface area (Å²) in [6.45, 7) is 6.20. The lowest BCUT2D eigenvalue weighted by molar-refractivity contribution is 0.229. The van der Waals surface area contributed by atoms with Gasteiger partial charge in [0, 0.05) is 19.8 Å². The Labute approximate surface area is 98.5 Å². The van der Waals surface area contributed by atoms with Gasteiger partial charge in [-0.1, -0.05) is 13.8 Å². The number of nitrogens with zero attached hydrogens (tertiary/aromatic N) is 3. The van der Waals surface area contributed by atoms with Crippen molar-refractivity contribution in [2.75, 3.05) is 20.1 Å². The zero-order chi connectivity index (χ0) is 12.1. The molecule has 1 aromatic rings. The molecule has 0 saturated heterocycles. The molecule has 16 heavy (non-hydrogen) atoms.